The predicted molar refractivity (Wildman–Crippen MR) is 73.9 cm³/mol. The summed E-state index contributed by atoms with van der Waals surface area (Å²) in [5.74, 6) is -0.355. The quantitative estimate of drug-likeness (QED) is 0.938. The Morgan fingerprint density at radius 3 is 2.74 bits per heavy atom. The summed E-state index contributed by atoms with van der Waals surface area (Å²) >= 11 is 3.10. The van der Waals surface area contributed by atoms with Crippen LogP contribution >= 0.6 is 15.9 Å². The minimum Gasteiger partial charge on any atom is -0.296 e. The molecule has 0 unspecified atom stereocenters. The molecule has 0 aliphatic rings. The minimum atomic E-state index is -0.470. The lowest BCUT2D eigenvalue weighted by Gasteiger charge is -2.07. The SMILES string of the molecule is CCc1cn(Cc2ccc(F)c(Br)c2)c(=O)[nH]c1=O. The molecule has 4 nitrogen and oxygen atoms in total. The van der Waals surface area contributed by atoms with Crippen LogP contribution < -0.4 is 11.2 Å². The zero-order valence-electron chi connectivity index (χ0n) is 10.2. The average Bonchev–Trinajstić information content (AvgIpc) is 2.37. The van der Waals surface area contributed by atoms with Gasteiger partial charge in [0.2, 0.25) is 0 Å². The van der Waals surface area contributed by atoms with Gasteiger partial charge in [0.05, 0.1) is 11.0 Å². The average molecular weight is 327 g/mol. The molecule has 0 aliphatic carbocycles. The number of benzene rings is 1. The van der Waals surface area contributed by atoms with E-state index in [1.165, 1.54) is 10.6 Å². The zero-order valence-corrected chi connectivity index (χ0v) is 11.8. The smallest absolute Gasteiger partial charge is 0.296 e. The third-order valence-electron chi connectivity index (χ3n) is 2.80. The van der Waals surface area contributed by atoms with E-state index in [1.807, 2.05) is 6.92 Å². The maximum absolute atomic E-state index is 13.1. The van der Waals surface area contributed by atoms with Gasteiger partial charge in [-0.05, 0) is 40.0 Å². The first-order valence-corrected chi connectivity index (χ1v) is 6.57. The Morgan fingerprint density at radius 2 is 2.11 bits per heavy atom. The molecule has 100 valence electrons. The highest BCUT2D eigenvalue weighted by molar-refractivity contribution is 9.10. The van der Waals surface area contributed by atoms with E-state index >= 15 is 0 Å². The number of halogens is 2. The van der Waals surface area contributed by atoms with Crippen LogP contribution in [-0.2, 0) is 13.0 Å². The predicted octanol–water partition coefficient (Wildman–Crippen LogP) is 2.05. The van der Waals surface area contributed by atoms with Crippen molar-refractivity contribution < 1.29 is 4.39 Å². The minimum absolute atomic E-state index is 0.279. The van der Waals surface area contributed by atoms with Gasteiger partial charge in [0, 0.05) is 11.8 Å². The first-order valence-electron chi connectivity index (χ1n) is 5.78. The molecule has 2 rings (SSSR count). The molecule has 0 spiro atoms. The Balaban J connectivity index is 2.40. The van der Waals surface area contributed by atoms with Crippen molar-refractivity contribution in [2.75, 3.05) is 0 Å². The molecule has 0 radical (unpaired) electrons. The van der Waals surface area contributed by atoms with E-state index in [9.17, 15) is 14.0 Å². The van der Waals surface area contributed by atoms with Crippen LogP contribution in [0.1, 0.15) is 18.1 Å². The number of hydrogen-bond donors (Lipinski definition) is 1. The summed E-state index contributed by atoms with van der Waals surface area (Å²) in [6.07, 6.45) is 2.08. The molecule has 1 N–H and O–H groups in total. The number of rotatable bonds is 3. The number of aryl methyl sites for hydroxylation is 1. The third kappa shape index (κ3) is 3.01. The monoisotopic (exact) mass is 326 g/mol. The van der Waals surface area contributed by atoms with Crippen LogP contribution in [0, 0.1) is 5.82 Å². The molecule has 0 aliphatic heterocycles. The summed E-state index contributed by atoms with van der Waals surface area (Å²) in [7, 11) is 0. The highest BCUT2D eigenvalue weighted by Crippen LogP contribution is 2.17. The molecule has 1 aromatic heterocycles. The fraction of sp³-hybridized carbons (Fsp3) is 0.231. The molecule has 1 aromatic carbocycles. The fourth-order valence-electron chi connectivity index (χ4n) is 1.76. The van der Waals surface area contributed by atoms with Crippen molar-refractivity contribution in [3.05, 3.63) is 66.7 Å². The van der Waals surface area contributed by atoms with Gasteiger partial charge in [0.1, 0.15) is 5.82 Å². The van der Waals surface area contributed by atoms with Crippen molar-refractivity contribution in [1.29, 1.82) is 0 Å². The van der Waals surface area contributed by atoms with Crippen LogP contribution in [-0.4, -0.2) is 9.55 Å². The summed E-state index contributed by atoms with van der Waals surface area (Å²) in [5, 5.41) is 0. The second-order valence-corrected chi connectivity index (χ2v) is 5.00. The standard InChI is InChI=1S/C13H12BrFN2O2/c1-2-9-7-17(13(19)16-12(9)18)6-8-3-4-11(15)10(14)5-8/h3-5,7H,2,6H2,1H3,(H,16,18,19). The first-order chi connectivity index (χ1) is 9.01. The topological polar surface area (TPSA) is 54.9 Å². The van der Waals surface area contributed by atoms with Crippen molar-refractivity contribution in [2.45, 2.75) is 19.9 Å². The Kier molecular flexibility index (Phi) is 3.99. The van der Waals surface area contributed by atoms with Crippen LogP contribution in [0.3, 0.4) is 0 Å². The van der Waals surface area contributed by atoms with Gasteiger partial charge in [-0.15, -0.1) is 0 Å². The van der Waals surface area contributed by atoms with Gasteiger partial charge >= 0.3 is 5.69 Å². The van der Waals surface area contributed by atoms with Crippen LogP contribution in [0.4, 0.5) is 4.39 Å². The lowest BCUT2D eigenvalue weighted by atomic mass is 10.2. The summed E-state index contributed by atoms with van der Waals surface area (Å²) in [6, 6.07) is 4.54. The maximum atomic E-state index is 13.1. The number of aromatic amines is 1. The van der Waals surface area contributed by atoms with Gasteiger partial charge in [0.15, 0.2) is 0 Å². The Hall–Kier alpha value is -1.69. The Bertz CT molecular complexity index is 721. The van der Waals surface area contributed by atoms with E-state index in [2.05, 4.69) is 20.9 Å². The fourth-order valence-corrected chi connectivity index (χ4v) is 2.18. The van der Waals surface area contributed by atoms with Crippen LogP contribution in [0.5, 0.6) is 0 Å². The lowest BCUT2D eigenvalue weighted by Crippen LogP contribution is -2.31. The molecule has 19 heavy (non-hydrogen) atoms. The Labute approximate surface area is 117 Å². The number of aromatic nitrogens is 2. The molecule has 6 heteroatoms. The number of hydrogen-bond acceptors (Lipinski definition) is 2. The van der Waals surface area contributed by atoms with Crippen molar-refractivity contribution in [2.24, 2.45) is 0 Å². The van der Waals surface area contributed by atoms with E-state index in [1.54, 1.807) is 18.3 Å². The second-order valence-electron chi connectivity index (χ2n) is 4.14. The maximum Gasteiger partial charge on any atom is 0.328 e. The lowest BCUT2D eigenvalue weighted by molar-refractivity contribution is 0.618. The van der Waals surface area contributed by atoms with E-state index in [-0.39, 0.29) is 17.9 Å². The van der Waals surface area contributed by atoms with Crippen LogP contribution in [0.2, 0.25) is 0 Å². The van der Waals surface area contributed by atoms with E-state index in [0.717, 1.165) is 5.56 Å². The van der Waals surface area contributed by atoms with Gasteiger partial charge < -0.3 is 0 Å². The number of H-pyrrole nitrogens is 1. The highest BCUT2D eigenvalue weighted by atomic mass is 79.9. The summed E-state index contributed by atoms with van der Waals surface area (Å²) < 4.78 is 14.9. The van der Waals surface area contributed by atoms with Crippen molar-refractivity contribution in [3.8, 4) is 0 Å². The Morgan fingerprint density at radius 1 is 1.37 bits per heavy atom. The van der Waals surface area contributed by atoms with Crippen LogP contribution in [0.25, 0.3) is 0 Å². The molecule has 2 aromatic rings. The van der Waals surface area contributed by atoms with E-state index in [0.29, 0.717) is 16.5 Å². The van der Waals surface area contributed by atoms with Crippen molar-refractivity contribution in [3.63, 3.8) is 0 Å². The summed E-state index contributed by atoms with van der Waals surface area (Å²) in [4.78, 5) is 25.4. The van der Waals surface area contributed by atoms with Gasteiger partial charge in [-0.25, -0.2) is 9.18 Å². The van der Waals surface area contributed by atoms with Crippen molar-refractivity contribution in [1.82, 2.24) is 9.55 Å². The first kappa shape index (κ1) is 13.7. The van der Waals surface area contributed by atoms with Crippen molar-refractivity contribution >= 4 is 15.9 Å². The van der Waals surface area contributed by atoms with Gasteiger partial charge in [-0.2, -0.15) is 0 Å². The molecule has 1 heterocycles. The van der Waals surface area contributed by atoms with Crippen LogP contribution in [0.15, 0.2) is 38.5 Å². The normalized spacial score (nSPS) is 10.7. The summed E-state index contributed by atoms with van der Waals surface area (Å²) in [5.41, 5.74) is 0.483. The molecular weight excluding hydrogens is 315 g/mol. The molecule has 0 saturated heterocycles. The van der Waals surface area contributed by atoms with Gasteiger partial charge in [-0.3, -0.25) is 14.3 Å². The molecule has 0 atom stereocenters. The van der Waals surface area contributed by atoms with E-state index < -0.39 is 5.69 Å². The number of nitrogens with zero attached hydrogens (tertiary/aromatic N) is 1. The molecule has 0 amide bonds. The highest BCUT2D eigenvalue weighted by Gasteiger charge is 2.05. The molecular formula is C13H12BrFN2O2. The molecule has 0 saturated carbocycles. The molecule has 0 fully saturated rings. The largest absolute Gasteiger partial charge is 0.328 e. The third-order valence-corrected chi connectivity index (χ3v) is 3.41. The summed E-state index contributed by atoms with van der Waals surface area (Å²) in [6.45, 7) is 2.12. The zero-order chi connectivity index (χ0) is 14.0. The van der Waals surface area contributed by atoms with Gasteiger partial charge in [-0.1, -0.05) is 13.0 Å². The van der Waals surface area contributed by atoms with Gasteiger partial charge in [0.25, 0.3) is 5.56 Å². The van der Waals surface area contributed by atoms with E-state index in [4.69, 9.17) is 0 Å². The molecule has 0 bridgehead atoms. The number of nitrogens with one attached hydrogen (secondary N) is 1. The second kappa shape index (κ2) is 5.52.